The van der Waals surface area contributed by atoms with Crippen LogP contribution in [-0.4, -0.2) is 93.9 Å². The zero-order valence-corrected chi connectivity index (χ0v) is 27.3. The fourth-order valence-electron chi connectivity index (χ4n) is 5.78. The molecule has 3 aliphatic heterocycles. The van der Waals surface area contributed by atoms with Gasteiger partial charge in [-0.2, -0.15) is 0 Å². The van der Waals surface area contributed by atoms with E-state index >= 15 is 0 Å². The Hall–Kier alpha value is -1.85. The number of likely N-dealkylation sites (N-methyl/N-ethyl adjacent to an activating group) is 1. The first-order valence-electron chi connectivity index (χ1n) is 14.9. The van der Waals surface area contributed by atoms with Crippen LogP contribution in [0.25, 0.3) is 5.57 Å². The molecule has 0 bridgehead atoms. The number of carbonyl (C=O) groups is 1. The summed E-state index contributed by atoms with van der Waals surface area (Å²) in [7, 11) is 3.86. The van der Waals surface area contributed by atoms with Crippen molar-refractivity contribution in [1.82, 2.24) is 20.0 Å². The van der Waals surface area contributed by atoms with Gasteiger partial charge in [-0.15, -0.1) is 0 Å². The molecular formula is C32H43ClIN4O3-. The number of fused-ring (bicyclic) bond motifs is 2. The molecule has 2 amide bonds. The van der Waals surface area contributed by atoms with Crippen molar-refractivity contribution < 1.29 is 35.5 Å². The van der Waals surface area contributed by atoms with Crippen molar-refractivity contribution in [3.05, 3.63) is 65.8 Å². The van der Waals surface area contributed by atoms with Crippen molar-refractivity contribution in [2.45, 2.75) is 38.1 Å². The van der Waals surface area contributed by atoms with E-state index in [9.17, 15) is 4.79 Å². The van der Waals surface area contributed by atoms with Crippen LogP contribution in [0.5, 0.6) is 5.75 Å². The summed E-state index contributed by atoms with van der Waals surface area (Å²) in [6.07, 6.45) is 5.65. The summed E-state index contributed by atoms with van der Waals surface area (Å²) in [4.78, 5) is 20.3. The van der Waals surface area contributed by atoms with Gasteiger partial charge in [-0.3, -0.25) is 0 Å². The summed E-state index contributed by atoms with van der Waals surface area (Å²) in [6.45, 7) is 8.41. The van der Waals surface area contributed by atoms with Crippen LogP contribution in [-0.2, 0) is 4.74 Å². The number of hydrogen-bond donors (Lipinski definition) is 1. The van der Waals surface area contributed by atoms with E-state index in [4.69, 9.17) is 21.1 Å². The molecule has 1 unspecified atom stereocenters. The Bertz CT molecular complexity index is 1200. The number of benzene rings is 2. The molecule has 2 aromatic carbocycles. The number of nitrogens with one attached hydrogen (secondary N) is 1. The van der Waals surface area contributed by atoms with Crippen LogP contribution >= 0.6 is 11.6 Å². The Morgan fingerprint density at radius 3 is 2.56 bits per heavy atom. The molecule has 41 heavy (non-hydrogen) atoms. The van der Waals surface area contributed by atoms with Gasteiger partial charge in [0.1, 0.15) is 0 Å². The second kappa shape index (κ2) is 15.0. The van der Waals surface area contributed by atoms with E-state index in [1.165, 1.54) is 70.3 Å². The number of carbonyl (C=O) groups excluding carboxylic acids is 1. The normalized spacial score (nSPS) is 19.5. The average molecular weight is 694 g/mol. The summed E-state index contributed by atoms with van der Waals surface area (Å²) < 4.78 is 14.1. The molecule has 9 heteroatoms. The summed E-state index contributed by atoms with van der Waals surface area (Å²) in [5, 5.41) is 3.82. The number of piperazine rings is 1. The number of urea groups is 1. The number of methoxy groups -OCH3 is 1. The number of halogens is 2. The maximum absolute atomic E-state index is 13.3. The minimum absolute atomic E-state index is 0.0375. The van der Waals surface area contributed by atoms with Gasteiger partial charge in [0.2, 0.25) is 0 Å². The molecule has 0 aromatic heterocycles. The zero-order valence-electron chi connectivity index (χ0n) is 24.3. The van der Waals surface area contributed by atoms with Gasteiger partial charge in [0.15, 0.2) is 0 Å². The third kappa shape index (κ3) is 7.96. The van der Waals surface area contributed by atoms with Crippen LogP contribution < -0.4 is 31.3 Å². The van der Waals surface area contributed by atoms with Crippen molar-refractivity contribution in [1.29, 1.82) is 0 Å². The Morgan fingerprint density at radius 2 is 1.78 bits per heavy atom. The third-order valence-electron chi connectivity index (χ3n) is 8.17. The average Bonchev–Trinajstić information content (AvgIpc) is 3.35. The molecule has 7 nitrogen and oxygen atoms in total. The van der Waals surface area contributed by atoms with E-state index in [-0.39, 0.29) is 33.3 Å². The first-order valence-corrected chi connectivity index (χ1v) is 17.4. The molecule has 224 valence electrons. The number of amides is 2. The molecule has 1 atom stereocenters. The zero-order chi connectivity index (χ0) is 28.6. The predicted octanol–water partition coefficient (Wildman–Crippen LogP) is 2.31. The van der Waals surface area contributed by atoms with Gasteiger partial charge in [-0.1, -0.05) is 0 Å². The van der Waals surface area contributed by atoms with Gasteiger partial charge in [-0.25, -0.2) is 0 Å². The van der Waals surface area contributed by atoms with Crippen molar-refractivity contribution in [3.8, 4) is 5.75 Å². The van der Waals surface area contributed by atoms with Crippen molar-refractivity contribution in [2.75, 3.05) is 73.2 Å². The van der Waals surface area contributed by atoms with Crippen molar-refractivity contribution >= 4 is 23.2 Å². The SMILES string of the molecule is COCCNC(=O)N1CCC2=C([I-]c3ccc(Cl)cc32)C1c1ccc(OCCCCCCN2CCN(C)CC2)cc1. The summed E-state index contributed by atoms with van der Waals surface area (Å²) in [5.74, 6) is 0.892. The standard InChI is InChI=1S/C32H43ClIN4O3/c1-36-17-19-37(20-18-36)15-5-3-4-6-21-41-26-10-7-24(8-11-26)31-30-27(28-23-25(33)9-12-29(28)34-30)13-16-38(31)32(39)35-14-22-40-2/h7-12,23,31H,3-6,13-22H2,1-2H3,(H,35,39)/q-1. The van der Waals surface area contributed by atoms with Gasteiger partial charge >= 0.3 is 212 Å². The predicted molar refractivity (Wildman–Crippen MR) is 161 cm³/mol. The molecule has 1 fully saturated rings. The van der Waals surface area contributed by atoms with Crippen LogP contribution in [0.2, 0.25) is 5.02 Å². The second-order valence-electron chi connectivity index (χ2n) is 11.1. The van der Waals surface area contributed by atoms with E-state index in [2.05, 4.69) is 58.6 Å². The van der Waals surface area contributed by atoms with Gasteiger partial charge < -0.3 is 9.80 Å². The molecular weight excluding hydrogens is 651 g/mol. The van der Waals surface area contributed by atoms with Crippen LogP contribution in [0.1, 0.15) is 49.3 Å². The van der Waals surface area contributed by atoms with Gasteiger partial charge in [0.05, 0.1) is 0 Å². The first-order chi connectivity index (χ1) is 20.0. The maximum atomic E-state index is 13.3. The number of nitrogens with zero attached hydrogens (tertiary/aromatic N) is 3. The molecule has 0 saturated carbocycles. The van der Waals surface area contributed by atoms with Gasteiger partial charge in [0, 0.05) is 26.2 Å². The van der Waals surface area contributed by atoms with E-state index in [1.807, 2.05) is 11.0 Å². The quantitative estimate of drug-likeness (QED) is 0.274. The summed E-state index contributed by atoms with van der Waals surface area (Å²) in [5.41, 5.74) is 3.80. The monoisotopic (exact) mass is 693 g/mol. The summed E-state index contributed by atoms with van der Waals surface area (Å²) >= 11 is 5.99. The first kappa shape index (κ1) is 30.6. The Balaban J connectivity index is 1.17. The van der Waals surface area contributed by atoms with E-state index in [0.717, 1.165) is 35.8 Å². The molecule has 3 aliphatic rings. The molecule has 0 radical (unpaired) electrons. The van der Waals surface area contributed by atoms with E-state index in [1.54, 1.807) is 7.11 Å². The number of unbranched alkanes of at least 4 members (excludes halogenated alkanes) is 3. The van der Waals surface area contributed by atoms with E-state index < -0.39 is 0 Å². The van der Waals surface area contributed by atoms with Crippen molar-refractivity contribution in [2.24, 2.45) is 0 Å². The molecule has 2 aromatic rings. The Labute approximate surface area is 260 Å². The Morgan fingerprint density at radius 1 is 1.00 bits per heavy atom. The number of rotatable bonds is 12. The van der Waals surface area contributed by atoms with Crippen LogP contribution in [0.3, 0.4) is 0 Å². The molecule has 5 rings (SSSR count). The third-order valence-corrected chi connectivity index (χ3v) is 11.8. The molecule has 0 spiro atoms. The topological polar surface area (TPSA) is 57.3 Å². The van der Waals surface area contributed by atoms with E-state index in [0.29, 0.717) is 19.7 Å². The molecule has 1 saturated heterocycles. The molecule has 1 N–H and O–H groups in total. The van der Waals surface area contributed by atoms with Gasteiger partial charge in [0.25, 0.3) is 0 Å². The summed E-state index contributed by atoms with van der Waals surface area (Å²) in [6, 6.07) is 14.6. The second-order valence-corrected chi connectivity index (χ2v) is 14.4. The van der Waals surface area contributed by atoms with Crippen LogP contribution in [0.4, 0.5) is 4.79 Å². The van der Waals surface area contributed by atoms with Gasteiger partial charge in [-0.05, 0) is 13.6 Å². The molecule has 0 aliphatic carbocycles. The minimum atomic E-state index is -0.381. The number of ether oxygens (including phenoxy) is 2. The van der Waals surface area contributed by atoms with Crippen LogP contribution in [0.15, 0.2) is 46.0 Å². The van der Waals surface area contributed by atoms with Crippen LogP contribution in [0, 0.1) is 3.57 Å². The number of hydrogen-bond acceptors (Lipinski definition) is 5. The van der Waals surface area contributed by atoms with Crippen molar-refractivity contribution in [3.63, 3.8) is 0 Å². The fourth-order valence-corrected chi connectivity index (χ4v) is 9.59. The Kier molecular flexibility index (Phi) is 11.2. The molecule has 3 heterocycles. The fraction of sp³-hybridized carbons (Fsp3) is 0.531.